The molecule has 0 aromatic heterocycles. The van der Waals surface area contributed by atoms with Gasteiger partial charge in [-0.1, -0.05) is 6.92 Å². The summed E-state index contributed by atoms with van der Waals surface area (Å²) in [6.07, 6.45) is 3.36. The smallest absolute Gasteiger partial charge is 0.220 e. The molecule has 140 valence electrons. The summed E-state index contributed by atoms with van der Waals surface area (Å²) in [5.74, 6) is 0.855. The molecule has 0 spiro atoms. The quantitative estimate of drug-likeness (QED) is 0.546. The molecule has 2 N–H and O–H groups in total. The lowest BCUT2D eigenvalue weighted by atomic mass is 9.81. The molecule has 0 bridgehead atoms. The van der Waals surface area contributed by atoms with Crippen LogP contribution in [0.15, 0.2) is 24.3 Å². The second-order valence-corrected chi connectivity index (χ2v) is 6.87. The fourth-order valence-electron chi connectivity index (χ4n) is 2.82. The molecule has 2 rings (SSSR count). The highest BCUT2D eigenvalue weighted by Gasteiger charge is 2.26. The number of ketones is 1. The minimum absolute atomic E-state index is 0. The van der Waals surface area contributed by atoms with Crippen LogP contribution in [0, 0.1) is 5.41 Å². The van der Waals surface area contributed by atoms with Crippen LogP contribution in [0.5, 0.6) is 5.75 Å². The van der Waals surface area contributed by atoms with E-state index in [-0.39, 0.29) is 29.5 Å². The highest BCUT2D eigenvalue weighted by molar-refractivity contribution is 5.94. The van der Waals surface area contributed by atoms with Crippen LogP contribution in [0.3, 0.4) is 0 Å². The number of halogens is 1. The van der Waals surface area contributed by atoms with Crippen molar-refractivity contribution in [2.24, 2.45) is 5.41 Å². The second kappa shape index (κ2) is 10.4. The maximum atomic E-state index is 11.9. The molecule has 1 aliphatic rings. The molecule has 0 atom stereocenters. The Morgan fingerprint density at radius 3 is 2.44 bits per heavy atom. The zero-order valence-corrected chi connectivity index (χ0v) is 15.9. The zero-order valence-electron chi connectivity index (χ0n) is 15.1. The first-order valence-corrected chi connectivity index (χ1v) is 8.70. The molecule has 0 unspecified atom stereocenters. The Hall–Kier alpha value is -1.59. The average Bonchev–Trinajstić information content (AvgIpc) is 2.58. The first-order chi connectivity index (χ1) is 11.5. The number of rotatable bonds is 8. The van der Waals surface area contributed by atoms with Crippen molar-refractivity contribution in [1.82, 2.24) is 10.6 Å². The normalized spacial score (nSPS) is 15.8. The second-order valence-electron chi connectivity index (χ2n) is 6.87. The molecule has 0 saturated carbocycles. The lowest BCUT2D eigenvalue weighted by Gasteiger charge is -2.34. The van der Waals surface area contributed by atoms with Gasteiger partial charge in [-0.15, -0.1) is 12.4 Å². The van der Waals surface area contributed by atoms with Crippen molar-refractivity contribution in [2.45, 2.75) is 39.5 Å². The lowest BCUT2D eigenvalue weighted by molar-refractivity contribution is -0.121. The molecule has 1 heterocycles. The summed E-state index contributed by atoms with van der Waals surface area (Å²) in [4.78, 5) is 23.1. The SMILES string of the molecule is CC(=O)c1ccc(OCCCC(=O)NCC2(C)CCNCC2)cc1.Cl. The van der Waals surface area contributed by atoms with Gasteiger partial charge in [-0.25, -0.2) is 0 Å². The number of carbonyl (C=O) groups excluding carboxylic acids is 2. The number of amides is 1. The molecule has 1 saturated heterocycles. The molecule has 5 nitrogen and oxygen atoms in total. The number of nitrogens with one attached hydrogen (secondary N) is 2. The summed E-state index contributed by atoms with van der Waals surface area (Å²) in [5, 5.41) is 6.40. The molecule has 1 aromatic carbocycles. The standard InChI is InChI=1S/C19H28N2O3.ClH/c1-15(22)16-5-7-17(8-6-16)24-13-3-4-18(23)21-14-19(2)9-11-20-12-10-19;/h5-8,20H,3-4,9-14H2,1-2H3,(H,21,23);1H. The Morgan fingerprint density at radius 2 is 1.84 bits per heavy atom. The summed E-state index contributed by atoms with van der Waals surface area (Å²) in [6.45, 7) is 7.08. The van der Waals surface area contributed by atoms with E-state index in [0.717, 1.165) is 38.2 Å². The van der Waals surface area contributed by atoms with Crippen molar-refractivity contribution in [3.8, 4) is 5.75 Å². The first-order valence-electron chi connectivity index (χ1n) is 8.70. The summed E-state index contributed by atoms with van der Waals surface area (Å²) in [7, 11) is 0. The maximum Gasteiger partial charge on any atom is 0.220 e. The van der Waals surface area contributed by atoms with Crippen molar-refractivity contribution in [3.05, 3.63) is 29.8 Å². The van der Waals surface area contributed by atoms with Crippen molar-refractivity contribution in [2.75, 3.05) is 26.2 Å². The summed E-state index contributed by atoms with van der Waals surface area (Å²) in [6, 6.07) is 7.08. The van der Waals surface area contributed by atoms with Crippen LogP contribution in [0.25, 0.3) is 0 Å². The third-order valence-corrected chi connectivity index (χ3v) is 4.60. The molecule has 0 radical (unpaired) electrons. The van der Waals surface area contributed by atoms with Gasteiger partial charge in [-0.05, 0) is 69.0 Å². The van der Waals surface area contributed by atoms with Gasteiger partial charge in [0.05, 0.1) is 6.61 Å². The Morgan fingerprint density at radius 1 is 1.20 bits per heavy atom. The van der Waals surface area contributed by atoms with Gasteiger partial charge in [0.2, 0.25) is 5.91 Å². The molecule has 1 aliphatic heterocycles. The third kappa shape index (κ3) is 7.45. The predicted octanol–water partition coefficient (Wildman–Crippen LogP) is 2.98. The largest absolute Gasteiger partial charge is 0.494 e. The Kier molecular flexibility index (Phi) is 8.93. The zero-order chi connectivity index (χ0) is 17.4. The van der Waals surface area contributed by atoms with Gasteiger partial charge in [0, 0.05) is 18.5 Å². The van der Waals surface area contributed by atoms with Gasteiger partial charge in [0.25, 0.3) is 0 Å². The van der Waals surface area contributed by atoms with Gasteiger partial charge in [-0.2, -0.15) is 0 Å². The van der Waals surface area contributed by atoms with Crippen molar-refractivity contribution < 1.29 is 14.3 Å². The first kappa shape index (κ1) is 21.5. The van der Waals surface area contributed by atoms with Crippen LogP contribution >= 0.6 is 12.4 Å². The fraction of sp³-hybridized carbons (Fsp3) is 0.579. The van der Waals surface area contributed by atoms with Crippen LogP contribution < -0.4 is 15.4 Å². The lowest BCUT2D eigenvalue weighted by Crippen LogP contribution is -2.42. The summed E-state index contributed by atoms with van der Waals surface area (Å²) >= 11 is 0. The van der Waals surface area contributed by atoms with E-state index in [4.69, 9.17) is 4.74 Å². The number of Topliss-reactive ketones (excluding diaryl/α,β-unsaturated/α-hetero) is 1. The fourth-order valence-corrected chi connectivity index (χ4v) is 2.82. The van der Waals surface area contributed by atoms with Crippen molar-refractivity contribution >= 4 is 24.1 Å². The van der Waals surface area contributed by atoms with Gasteiger partial charge < -0.3 is 15.4 Å². The summed E-state index contributed by atoms with van der Waals surface area (Å²) < 4.78 is 5.61. The molecule has 1 fully saturated rings. The van der Waals surface area contributed by atoms with Crippen molar-refractivity contribution in [1.29, 1.82) is 0 Å². The van der Waals surface area contributed by atoms with E-state index >= 15 is 0 Å². The van der Waals surface area contributed by atoms with E-state index in [1.165, 1.54) is 0 Å². The van der Waals surface area contributed by atoms with Crippen LogP contribution in [0.1, 0.15) is 49.9 Å². The minimum Gasteiger partial charge on any atom is -0.494 e. The van der Waals surface area contributed by atoms with Crippen LogP contribution in [-0.4, -0.2) is 37.9 Å². The number of hydrogen-bond donors (Lipinski definition) is 2. The highest BCUT2D eigenvalue weighted by atomic mass is 35.5. The maximum absolute atomic E-state index is 11.9. The predicted molar refractivity (Wildman–Crippen MR) is 102 cm³/mol. The Labute approximate surface area is 156 Å². The molecule has 1 amide bonds. The molecule has 0 aliphatic carbocycles. The molecular formula is C19H29ClN2O3. The Bertz CT molecular complexity index is 554. The van der Waals surface area contributed by atoms with Crippen LogP contribution in [0.4, 0.5) is 0 Å². The Balaban J connectivity index is 0.00000312. The van der Waals surface area contributed by atoms with Crippen LogP contribution in [0.2, 0.25) is 0 Å². The van der Waals surface area contributed by atoms with Gasteiger partial charge in [-0.3, -0.25) is 9.59 Å². The molecular weight excluding hydrogens is 340 g/mol. The van der Waals surface area contributed by atoms with Gasteiger partial charge >= 0.3 is 0 Å². The van der Waals surface area contributed by atoms with Gasteiger partial charge in [0.15, 0.2) is 5.78 Å². The van der Waals surface area contributed by atoms with E-state index in [0.29, 0.717) is 25.0 Å². The van der Waals surface area contributed by atoms with E-state index in [1.54, 1.807) is 31.2 Å². The highest BCUT2D eigenvalue weighted by Crippen LogP contribution is 2.26. The molecule has 1 aromatic rings. The van der Waals surface area contributed by atoms with Crippen LogP contribution in [-0.2, 0) is 4.79 Å². The number of carbonyl (C=O) groups is 2. The summed E-state index contributed by atoms with van der Waals surface area (Å²) in [5.41, 5.74) is 0.892. The minimum atomic E-state index is 0. The van der Waals surface area contributed by atoms with E-state index < -0.39 is 0 Å². The van der Waals surface area contributed by atoms with Crippen molar-refractivity contribution in [3.63, 3.8) is 0 Å². The van der Waals surface area contributed by atoms with E-state index in [9.17, 15) is 9.59 Å². The topological polar surface area (TPSA) is 67.4 Å². The number of hydrogen-bond acceptors (Lipinski definition) is 4. The molecule has 6 heteroatoms. The van der Waals surface area contributed by atoms with E-state index in [2.05, 4.69) is 17.6 Å². The monoisotopic (exact) mass is 368 g/mol. The van der Waals surface area contributed by atoms with Gasteiger partial charge in [0.1, 0.15) is 5.75 Å². The average molecular weight is 369 g/mol. The number of benzene rings is 1. The molecule has 25 heavy (non-hydrogen) atoms. The van der Waals surface area contributed by atoms with E-state index in [1.807, 2.05) is 0 Å². The third-order valence-electron chi connectivity index (χ3n) is 4.60. The number of ether oxygens (including phenoxy) is 1. The number of piperidine rings is 1.